The van der Waals surface area contributed by atoms with E-state index in [0.29, 0.717) is 15.1 Å². The van der Waals surface area contributed by atoms with Crippen LogP contribution < -0.4 is 0 Å². The van der Waals surface area contributed by atoms with Gasteiger partial charge in [0.05, 0.1) is 17.2 Å². The van der Waals surface area contributed by atoms with Crippen LogP contribution in [0.5, 0.6) is 0 Å². The summed E-state index contributed by atoms with van der Waals surface area (Å²) < 4.78 is 4.86. The lowest BCUT2D eigenvalue weighted by molar-refractivity contribution is 0.416. The fourth-order valence-corrected chi connectivity index (χ4v) is 1.17. The summed E-state index contributed by atoms with van der Waals surface area (Å²) in [4.78, 5) is 0. The maximum Gasteiger partial charge on any atom is 0.190 e. The molecule has 0 heterocycles. The van der Waals surface area contributed by atoms with Gasteiger partial charge in [-0.25, -0.2) is 0 Å². The highest BCUT2D eigenvalue weighted by Gasteiger charge is 2.03. The van der Waals surface area contributed by atoms with Crippen molar-refractivity contribution >= 4 is 40.5 Å². The van der Waals surface area contributed by atoms with E-state index in [2.05, 4.69) is 0 Å². The fourth-order valence-electron chi connectivity index (χ4n) is 0.741. The molecule has 1 aromatic carbocycles. The Balaban J connectivity index is 3.05. The first kappa shape index (κ1) is 9.78. The molecule has 0 unspecified atom stereocenters. The summed E-state index contributed by atoms with van der Waals surface area (Å²) in [6.07, 6.45) is 0. The molecule has 0 fully saturated rings. The molecular weight excluding hydrogens is 215 g/mol. The second-order valence-electron chi connectivity index (χ2n) is 2.12. The van der Waals surface area contributed by atoms with Crippen LogP contribution >= 0.6 is 35.4 Å². The van der Waals surface area contributed by atoms with E-state index < -0.39 is 0 Å². The van der Waals surface area contributed by atoms with Gasteiger partial charge < -0.3 is 4.74 Å². The van der Waals surface area contributed by atoms with Crippen molar-refractivity contribution in [2.75, 3.05) is 7.11 Å². The Morgan fingerprint density at radius 1 is 1.33 bits per heavy atom. The number of ether oxygens (including phenoxy) is 1. The molecule has 0 aromatic heterocycles. The Morgan fingerprint density at radius 2 is 2.00 bits per heavy atom. The fraction of sp³-hybridized carbons (Fsp3) is 0.125. The maximum atomic E-state index is 5.77. The Kier molecular flexibility index (Phi) is 3.32. The average Bonchev–Trinajstić information content (AvgIpc) is 2.08. The average molecular weight is 221 g/mol. The lowest BCUT2D eigenvalue weighted by Gasteiger charge is -2.02. The monoisotopic (exact) mass is 220 g/mol. The third-order valence-corrected chi connectivity index (χ3v) is 2.48. The summed E-state index contributed by atoms with van der Waals surface area (Å²) in [5.74, 6) is 0. The summed E-state index contributed by atoms with van der Waals surface area (Å²) in [6, 6.07) is 5.13. The van der Waals surface area contributed by atoms with Gasteiger partial charge in [0, 0.05) is 5.56 Å². The summed E-state index contributed by atoms with van der Waals surface area (Å²) in [5.41, 5.74) is 0.766. The standard InChI is InChI=1S/C8H6Cl2OS/c1-11-8(12)5-2-3-6(9)7(10)4-5/h2-4H,1H3. The zero-order valence-electron chi connectivity index (χ0n) is 6.30. The van der Waals surface area contributed by atoms with Gasteiger partial charge in [0.15, 0.2) is 5.05 Å². The van der Waals surface area contributed by atoms with Crippen molar-refractivity contribution in [1.82, 2.24) is 0 Å². The summed E-state index contributed by atoms with van der Waals surface area (Å²) >= 11 is 16.4. The van der Waals surface area contributed by atoms with Crippen LogP contribution in [-0.2, 0) is 4.74 Å². The van der Waals surface area contributed by atoms with Gasteiger partial charge >= 0.3 is 0 Å². The molecule has 0 saturated heterocycles. The highest BCUT2D eigenvalue weighted by molar-refractivity contribution is 7.80. The molecule has 0 aliphatic heterocycles. The lowest BCUT2D eigenvalue weighted by atomic mass is 10.2. The minimum absolute atomic E-state index is 0.411. The van der Waals surface area contributed by atoms with Crippen molar-refractivity contribution in [3.63, 3.8) is 0 Å². The van der Waals surface area contributed by atoms with Crippen molar-refractivity contribution in [3.8, 4) is 0 Å². The number of hydrogen-bond acceptors (Lipinski definition) is 2. The molecule has 1 aromatic rings. The van der Waals surface area contributed by atoms with Gasteiger partial charge in [-0.15, -0.1) is 0 Å². The topological polar surface area (TPSA) is 9.23 Å². The van der Waals surface area contributed by atoms with E-state index in [1.54, 1.807) is 18.2 Å². The van der Waals surface area contributed by atoms with Gasteiger partial charge in [-0.3, -0.25) is 0 Å². The quantitative estimate of drug-likeness (QED) is 0.672. The molecule has 0 amide bonds. The molecule has 0 aliphatic rings. The molecule has 0 aliphatic carbocycles. The lowest BCUT2D eigenvalue weighted by Crippen LogP contribution is -1.98. The van der Waals surface area contributed by atoms with Crippen LogP contribution in [0.25, 0.3) is 0 Å². The number of halogens is 2. The predicted octanol–water partition coefficient (Wildman–Crippen LogP) is 3.32. The normalized spacial score (nSPS) is 9.58. The highest BCUT2D eigenvalue weighted by atomic mass is 35.5. The number of rotatable bonds is 1. The van der Waals surface area contributed by atoms with Crippen molar-refractivity contribution in [3.05, 3.63) is 33.8 Å². The molecule has 0 radical (unpaired) electrons. The predicted molar refractivity (Wildman–Crippen MR) is 55.2 cm³/mol. The summed E-state index contributed by atoms with van der Waals surface area (Å²) in [6.45, 7) is 0. The number of thiocarbonyl (C=S) groups is 1. The summed E-state index contributed by atoms with van der Waals surface area (Å²) in [7, 11) is 1.52. The van der Waals surface area contributed by atoms with E-state index in [0.717, 1.165) is 5.56 Å². The van der Waals surface area contributed by atoms with Gasteiger partial charge in [-0.2, -0.15) is 0 Å². The highest BCUT2D eigenvalue weighted by Crippen LogP contribution is 2.22. The third-order valence-electron chi connectivity index (χ3n) is 1.34. The molecular formula is C8H6Cl2OS. The minimum atomic E-state index is 0.411. The van der Waals surface area contributed by atoms with Gasteiger partial charge in [0.25, 0.3) is 0 Å². The third kappa shape index (κ3) is 2.09. The van der Waals surface area contributed by atoms with Crippen molar-refractivity contribution < 1.29 is 4.74 Å². The van der Waals surface area contributed by atoms with Crippen molar-refractivity contribution in [2.24, 2.45) is 0 Å². The van der Waals surface area contributed by atoms with E-state index in [1.165, 1.54) is 7.11 Å². The zero-order chi connectivity index (χ0) is 9.14. The molecule has 0 saturated carbocycles. The molecule has 0 bridgehead atoms. The molecule has 64 valence electrons. The van der Waals surface area contributed by atoms with Gasteiger partial charge in [0.1, 0.15) is 0 Å². The van der Waals surface area contributed by atoms with E-state index in [1.807, 2.05) is 0 Å². The summed E-state index contributed by atoms with van der Waals surface area (Å²) in [5, 5.41) is 1.40. The molecule has 0 spiro atoms. The molecule has 12 heavy (non-hydrogen) atoms. The zero-order valence-corrected chi connectivity index (χ0v) is 8.63. The van der Waals surface area contributed by atoms with Crippen LogP contribution in [0.2, 0.25) is 10.0 Å². The first-order valence-electron chi connectivity index (χ1n) is 3.18. The molecule has 4 heteroatoms. The minimum Gasteiger partial charge on any atom is -0.486 e. The Morgan fingerprint density at radius 3 is 2.50 bits per heavy atom. The van der Waals surface area contributed by atoms with Crippen molar-refractivity contribution in [2.45, 2.75) is 0 Å². The van der Waals surface area contributed by atoms with Crippen LogP contribution in [0.4, 0.5) is 0 Å². The van der Waals surface area contributed by atoms with Gasteiger partial charge in [-0.05, 0) is 30.4 Å². The van der Waals surface area contributed by atoms with Crippen LogP contribution in [0.1, 0.15) is 5.56 Å². The van der Waals surface area contributed by atoms with Crippen LogP contribution in [0.15, 0.2) is 18.2 Å². The van der Waals surface area contributed by atoms with E-state index in [-0.39, 0.29) is 0 Å². The smallest absolute Gasteiger partial charge is 0.190 e. The second kappa shape index (κ2) is 4.08. The van der Waals surface area contributed by atoms with Crippen LogP contribution in [0.3, 0.4) is 0 Å². The molecule has 1 nitrogen and oxygen atoms in total. The Labute approximate surface area is 86.2 Å². The first-order valence-corrected chi connectivity index (χ1v) is 4.35. The largest absolute Gasteiger partial charge is 0.486 e. The van der Waals surface area contributed by atoms with E-state index in [4.69, 9.17) is 40.2 Å². The van der Waals surface area contributed by atoms with Crippen LogP contribution in [0, 0.1) is 0 Å². The SMILES string of the molecule is COC(=S)c1ccc(Cl)c(Cl)c1. The van der Waals surface area contributed by atoms with Gasteiger partial charge in [-0.1, -0.05) is 23.2 Å². The number of benzene rings is 1. The number of hydrogen-bond donors (Lipinski definition) is 0. The molecule has 1 rings (SSSR count). The number of methoxy groups -OCH3 is 1. The maximum absolute atomic E-state index is 5.77. The van der Waals surface area contributed by atoms with Crippen molar-refractivity contribution in [1.29, 1.82) is 0 Å². The molecule has 0 atom stereocenters. The van der Waals surface area contributed by atoms with E-state index >= 15 is 0 Å². The Bertz CT molecular complexity index is 312. The second-order valence-corrected chi connectivity index (χ2v) is 3.31. The van der Waals surface area contributed by atoms with Crippen LogP contribution in [-0.4, -0.2) is 12.2 Å². The van der Waals surface area contributed by atoms with Gasteiger partial charge in [0.2, 0.25) is 0 Å². The molecule has 0 N–H and O–H groups in total. The Hall–Kier alpha value is -0.310. The van der Waals surface area contributed by atoms with E-state index in [9.17, 15) is 0 Å². The first-order chi connectivity index (χ1) is 5.65.